The number of halogens is 1. The molecule has 0 aromatic rings. The first-order chi connectivity index (χ1) is 8.42. The molecule has 2 N–H and O–H groups in total. The predicted molar refractivity (Wildman–Crippen MR) is 83.1 cm³/mol. The molecule has 1 fully saturated rings. The number of piperidine rings is 1. The zero-order valence-electron chi connectivity index (χ0n) is 12.3. The summed E-state index contributed by atoms with van der Waals surface area (Å²) >= 11 is 0. The first kappa shape index (κ1) is 19.2. The van der Waals surface area contributed by atoms with Crippen molar-refractivity contribution in [2.24, 2.45) is 11.7 Å². The summed E-state index contributed by atoms with van der Waals surface area (Å²) in [7, 11) is -3.15. The van der Waals surface area contributed by atoms with Gasteiger partial charge in [0.2, 0.25) is 10.0 Å². The molecule has 2 atom stereocenters. The van der Waals surface area contributed by atoms with Crippen LogP contribution in [0, 0.1) is 5.92 Å². The summed E-state index contributed by atoms with van der Waals surface area (Å²) in [6.45, 7) is 6.68. The Labute approximate surface area is 124 Å². The van der Waals surface area contributed by atoms with Gasteiger partial charge in [0.15, 0.2) is 0 Å². The Morgan fingerprint density at radius 3 is 2.32 bits per heavy atom. The zero-order valence-corrected chi connectivity index (χ0v) is 14.0. The highest BCUT2D eigenvalue weighted by Gasteiger charge is 2.34. The molecule has 0 aromatic carbocycles. The SMILES string of the molecule is CCC(CC)CS(=O)(=O)N1CCCCC1C(C)N.Cl. The maximum atomic E-state index is 12.5. The van der Waals surface area contributed by atoms with Crippen molar-refractivity contribution in [2.75, 3.05) is 12.3 Å². The molecule has 0 aromatic heterocycles. The van der Waals surface area contributed by atoms with Crippen molar-refractivity contribution in [1.29, 1.82) is 0 Å². The van der Waals surface area contributed by atoms with Crippen LogP contribution in [0.3, 0.4) is 0 Å². The molecule has 4 nitrogen and oxygen atoms in total. The molecular weight excluding hydrogens is 284 g/mol. The van der Waals surface area contributed by atoms with E-state index in [2.05, 4.69) is 13.8 Å². The molecule has 116 valence electrons. The Hall–Kier alpha value is 0.160. The molecule has 6 heteroatoms. The van der Waals surface area contributed by atoms with E-state index in [-0.39, 0.29) is 36.2 Å². The Bertz CT molecular complexity index is 343. The third kappa shape index (κ3) is 5.21. The van der Waals surface area contributed by atoms with Crippen molar-refractivity contribution in [3.8, 4) is 0 Å². The quantitative estimate of drug-likeness (QED) is 0.819. The Morgan fingerprint density at radius 2 is 1.84 bits per heavy atom. The second kappa shape index (κ2) is 8.45. The summed E-state index contributed by atoms with van der Waals surface area (Å²) in [6, 6.07) is -0.0834. The molecule has 1 saturated heterocycles. The number of nitrogens with two attached hydrogens (primary N) is 1. The van der Waals surface area contributed by atoms with Crippen LogP contribution < -0.4 is 5.73 Å². The van der Waals surface area contributed by atoms with Crippen LogP contribution in [0.15, 0.2) is 0 Å². The largest absolute Gasteiger partial charge is 0.326 e. The van der Waals surface area contributed by atoms with Gasteiger partial charge in [0.1, 0.15) is 0 Å². The standard InChI is InChI=1S/C13H28N2O2S.ClH/c1-4-12(5-2)10-18(16,17)15-9-7-6-8-13(15)11(3)14;/h11-13H,4-10,14H2,1-3H3;1H. The summed E-state index contributed by atoms with van der Waals surface area (Å²) < 4.78 is 26.7. The summed E-state index contributed by atoms with van der Waals surface area (Å²) in [4.78, 5) is 0. The lowest BCUT2D eigenvalue weighted by molar-refractivity contribution is 0.226. The van der Waals surface area contributed by atoms with Crippen molar-refractivity contribution >= 4 is 22.4 Å². The van der Waals surface area contributed by atoms with Gasteiger partial charge in [-0.25, -0.2) is 8.42 Å². The van der Waals surface area contributed by atoms with Gasteiger partial charge in [0, 0.05) is 18.6 Å². The lowest BCUT2D eigenvalue weighted by atomic mass is 10.00. The van der Waals surface area contributed by atoms with Gasteiger partial charge in [-0.05, 0) is 25.7 Å². The summed E-state index contributed by atoms with van der Waals surface area (Å²) in [5.41, 5.74) is 5.94. The molecule has 0 spiro atoms. The van der Waals surface area contributed by atoms with Gasteiger partial charge >= 0.3 is 0 Å². The molecule has 19 heavy (non-hydrogen) atoms. The van der Waals surface area contributed by atoms with Crippen LogP contribution in [0.4, 0.5) is 0 Å². The fourth-order valence-electron chi connectivity index (χ4n) is 2.72. The Kier molecular flexibility index (Phi) is 8.52. The molecule has 1 heterocycles. The maximum absolute atomic E-state index is 12.5. The van der Waals surface area contributed by atoms with E-state index in [1.165, 1.54) is 0 Å². The van der Waals surface area contributed by atoms with Crippen LogP contribution in [0.2, 0.25) is 0 Å². The minimum atomic E-state index is -3.15. The van der Waals surface area contributed by atoms with Crippen LogP contribution in [0.25, 0.3) is 0 Å². The van der Waals surface area contributed by atoms with E-state index in [9.17, 15) is 8.42 Å². The zero-order chi connectivity index (χ0) is 13.8. The van der Waals surface area contributed by atoms with Gasteiger partial charge in [-0.2, -0.15) is 4.31 Å². The van der Waals surface area contributed by atoms with Crippen LogP contribution in [-0.2, 0) is 10.0 Å². The highest BCUT2D eigenvalue weighted by Crippen LogP contribution is 2.24. The second-order valence-corrected chi connectivity index (χ2v) is 7.46. The minimum absolute atomic E-state index is 0. The van der Waals surface area contributed by atoms with E-state index in [1.54, 1.807) is 4.31 Å². The molecular formula is C13H29ClN2O2S. The van der Waals surface area contributed by atoms with Gasteiger partial charge in [-0.3, -0.25) is 0 Å². The summed E-state index contributed by atoms with van der Waals surface area (Å²) in [5, 5.41) is 0. The average Bonchev–Trinajstić information content (AvgIpc) is 2.36. The molecule has 0 aliphatic carbocycles. The molecule has 1 rings (SSSR count). The molecule has 0 radical (unpaired) electrons. The minimum Gasteiger partial charge on any atom is -0.326 e. The predicted octanol–water partition coefficient (Wildman–Crippen LogP) is 2.38. The van der Waals surface area contributed by atoms with Crippen LogP contribution in [-0.4, -0.2) is 37.1 Å². The van der Waals surface area contributed by atoms with Gasteiger partial charge in [0.05, 0.1) is 5.75 Å². The lowest BCUT2D eigenvalue weighted by Gasteiger charge is -2.37. The normalized spacial score (nSPS) is 23.1. The van der Waals surface area contributed by atoms with E-state index in [4.69, 9.17) is 5.73 Å². The van der Waals surface area contributed by atoms with E-state index >= 15 is 0 Å². The van der Waals surface area contributed by atoms with Crippen LogP contribution >= 0.6 is 12.4 Å². The van der Waals surface area contributed by atoms with E-state index in [0.717, 1.165) is 32.1 Å². The van der Waals surface area contributed by atoms with Gasteiger partial charge < -0.3 is 5.73 Å². The van der Waals surface area contributed by atoms with Crippen molar-refractivity contribution in [3.63, 3.8) is 0 Å². The maximum Gasteiger partial charge on any atom is 0.214 e. The smallest absolute Gasteiger partial charge is 0.214 e. The fourth-order valence-corrected chi connectivity index (χ4v) is 5.10. The van der Waals surface area contributed by atoms with Crippen molar-refractivity contribution in [3.05, 3.63) is 0 Å². The van der Waals surface area contributed by atoms with Crippen molar-refractivity contribution < 1.29 is 8.42 Å². The topological polar surface area (TPSA) is 63.4 Å². The number of hydrogen-bond donors (Lipinski definition) is 1. The Balaban J connectivity index is 0.00000324. The van der Waals surface area contributed by atoms with E-state index < -0.39 is 10.0 Å². The summed E-state index contributed by atoms with van der Waals surface area (Å²) in [6.07, 6.45) is 4.80. The van der Waals surface area contributed by atoms with Crippen molar-refractivity contribution in [1.82, 2.24) is 4.31 Å². The van der Waals surface area contributed by atoms with E-state index in [0.29, 0.717) is 6.54 Å². The highest BCUT2D eigenvalue weighted by molar-refractivity contribution is 7.89. The Morgan fingerprint density at radius 1 is 1.26 bits per heavy atom. The average molecular weight is 313 g/mol. The monoisotopic (exact) mass is 312 g/mol. The fraction of sp³-hybridized carbons (Fsp3) is 1.00. The lowest BCUT2D eigenvalue weighted by Crippen LogP contribution is -2.52. The molecule has 1 aliphatic heterocycles. The number of rotatable bonds is 6. The number of nitrogens with zero attached hydrogens (tertiary/aromatic N) is 1. The molecule has 1 aliphatic rings. The molecule has 0 amide bonds. The number of sulfonamides is 1. The van der Waals surface area contributed by atoms with Crippen LogP contribution in [0.5, 0.6) is 0 Å². The highest BCUT2D eigenvalue weighted by atomic mass is 35.5. The third-order valence-electron chi connectivity index (χ3n) is 4.06. The van der Waals surface area contributed by atoms with Crippen LogP contribution in [0.1, 0.15) is 52.9 Å². The summed E-state index contributed by atoms with van der Waals surface area (Å²) in [5.74, 6) is 0.550. The first-order valence-corrected chi connectivity index (χ1v) is 8.78. The van der Waals surface area contributed by atoms with Gasteiger partial charge in [0.25, 0.3) is 0 Å². The molecule has 0 bridgehead atoms. The van der Waals surface area contributed by atoms with E-state index in [1.807, 2.05) is 6.92 Å². The molecule has 0 saturated carbocycles. The third-order valence-corrected chi connectivity index (χ3v) is 6.12. The second-order valence-electron chi connectivity index (χ2n) is 5.49. The molecule has 2 unspecified atom stereocenters. The van der Waals surface area contributed by atoms with Gasteiger partial charge in [-0.1, -0.05) is 33.1 Å². The number of hydrogen-bond acceptors (Lipinski definition) is 3. The van der Waals surface area contributed by atoms with Crippen molar-refractivity contribution in [2.45, 2.75) is 65.0 Å². The first-order valence-electron chi connectivity index (χ1n) is 7.17. The van der Waals surface area contributed by atoms with Gasteiger partial charge in [-0.15, -0.1) is 12.4 Å².